The first-order valence-corrected chi connectivity index (χ1v) is 10.5. The molecule has 1 unspecified atom stereocenters. The van der Waals surface area contributed by atoms with Crippen LogP contribution in [0.25, 0.3) is 0 Å². The van der Waals surface area contributed by atoms with Crippen molar-refractivity contribution in [1.82, 2.24) is 0 Å². The maximum atomic E-state index is 12.7. The third-order valence-electron chi connectivity index (χ3n) is 4.71. The van der Waals surface area contributed by atoms with E-state index in [1.807, 2.05) is 19.1 Å². The fourth-order valence-electron chi connectivity index (χ4n) is 3.17. The van der Waals surface area contributed by atoms with Crippen LogP contribution in [0.5, 0.6) is 11.5 Å². The van der Waals surface area contributed by atoms with E-state index in [4.69, 9.17) is 14.2 Å². The Kier molecular flexibility index (Phi) is 5.88. The molecule has 1 saturated heterocycles. The minimum Gasteiger partial charge on any atom is -0.423 e. The van der Waals surface area contributed by atoms with Crippen molar-refractivity contribution in [2.45, 2.75) is 11.9 Å². The van der Waals surface area contributed by atoms with Crippen LogP contribution >= 0.6 is 11.8 Å². The Morgan fingerprint density at radius 2 is 1.47 bits per heavy atom. The van der Waals surface area contributed by atoms with Gasteiger partial charge in [0.25, 0.3) is 0 Å². The predicted molar refractivity (Wildman–Crippen MR) is 115 cm³/mol. The predicted octanol–water partition coefficient (Wildman–Crippen LogP) is 5.06. The molecule has 0 aliphatic carbocycles. The lowest BCUT2D eigenvalue weighted by atomic mass is 10.1. The number of thioether (sulfide) groups is 1. The van der Waals surface area contributed by atoms with E-state index in [0.29, 0.717) is 29.0 Å². The molecule has 0 radical (unpaired) electrons. The molecule has 1 heterocycles. The van der Waals surface area contributed by atoms with E-state index in [1.165, 1.54) is 0 Å². The lowest BCUT2D eigenvalue weighted by molar-refractivity contribution is 0.0588. The Labute approximate surface area is 179 Å². The molecule has 0 bridgehead atoms. The van der Waals surface area contributed by atoms with E-state index in [2.05, 4.69) is 0 Å². The summed E-state index contributed by atoms with van der Waals surface area (Å²) >= 11 is 1.63. The molecule has 5 nitrogen and oxygen atoms in total. The zero-order valence-electron chi connectivity index (χ0n) is 16.4. The number of esters is 2. The molecule has 30 heavy (non-hydrogen) atoms. The quantitative estimate of drug-likeness (QED) is 0.425. The molecule has 0 amide bonds. The maximum Gasteiger partial charge on any atom is 0.343 e. The van der Waals surface area contributed by atoms with Gasteiger partial charge in [0.1, 0.15) is 16.4 Å². The second kappa shape index (κ2) is 8.73. The maximum absolute atomic E-state index is 12.7. The van der Waals surface area contributed by atoms with Crippen LogP contribution in [0.1, 0.15) is 33.2 Å². The smallest absolute Gasteiger partial charge is 0.343 e. The number of carbonyl (C=O) groups excluding carboxylic acids is 2. The largest absolute Gasteiger partial charge is 0.423 e. The number of rotatable bonds is 5. The van der Waals surface area contributed by atoms with Crippen LogP contribution in [0.4, 0.5) is 0 Å². The van der Waals surface area contributed by atoms with Crippen molar-refractivity contribution in [3.05, 3.63) is 95.6 Å². The summed E-state index contributed by atoms with van der Waals surface area (Å²) in [4.78, 5) is 24.4. The van der Waals surface area contributed by atoms with Gasteiger partial charge < -0.3 is 14.2 Å². The van der Waals surface area contributed by atoms with Crippen molar-refractivity contribution >= 4 is 23.7 Å². The zero-order valence-corrected chi connectivity index (χ0v) is 17.2. The second-order valence-electron chi connectivity index (χ2n) is 6.81. The van der Waals surface area contributed by atoms with Gasteiger partial charge >= 0.3 is 11.9 Å². The van der Waals surface area contributed by atoms with Gasteiger partial charge in [0.2, 0.25) is 0 Å². The highest BCUT2D eigenvalue weighted by Crippen LogP contribution is 2.46. The van der Waals surface area contributed by atoms with Crippen molar-refractivity contribution in [2.75, 3.05) is 12.4 Å². The minimum atomic E-state index is -0.645. The number of benzene rings is 3. The molecular weight excluding hydrogens is 400 g/mol. The summed E-state index contributed by atoms with van der Waals surface area (Å²) in [7, 11) is 0. The van der Waals surface area contributed by atoms with Gasteiger partial charge in [0.05, 0.1) is 17.7 Å². The summed E-state index contributed by atoms with van der Waals surface area (Å²) in [5.41, 5.74) is 1.58. The summed E-state index contributed by atoms with van der Waals surface area (Å²) in [6, 6.07) is 22.5. The van der Waals surface area contributed by atoms with Crippen molar-refractivity contribution < 1.29 is 23.8 Å². The van der Waals surface area contributed by atoms with E-state index in [1.54, 1.807) is 78.5 Å². The average Bonchev–Trinajstić information content (AvgIpc) is 3.22. The highest BCUT2D eigenvalue weighted by Gasteiger charge is 2.36. The van der Waals surface area contributed by atoms with Crippen molar-refractivity contribution in [2.24, 2.45) is 0 Å². The average molecular weight is 420 g/mol. The summed E-state index contributed by atoms with van der Waals surface area (Å²) in [6.45, 7) is 2.55. The van der Waals surface area contributed by atoms with Crippen LogP contribution in [0, 0.1) is 0 Å². The summed E-state index contributed by atoms with van der Waals surface area (Å²) in [6.07, 6.45) is 0. The molecule has 1 fully saturated rings. The second-order valence-corrected chi connectivity index (χ2v) is 8.29. The fourth-order valence-corrected chi connectivity index (χ4v) is 4.22. The Bertz CT molecular complexity index is 1040. The summed E-state index contributed by atoms with van der Waals surface area (Å²) < 4.78 is 17.1. The van der Waals surface area contributed by atoms with E-state index in [0.717, 1.165) is 5.75 Å². The van der Waals surface area contributed by atoms with Crippen LogP contribution < -0.4 is 9.47 Å². The van der Waals surface area contributed by atoms with Gasteiger partial charge in [0, 0.05) is 17.4 Å². The molecular formula is C24H20O5S. The van der Waals surface area contributed by atoms with E-state index < -0.39 is 16.9 Å². The molecule has 3 aromatic carbocycles. The molecule has 1 aliphatic rings. The minimum absolute atomic E-state index is 0.287. The van der Waals surface area contributed by atoms with Gasteiger partial charge in [-0.15, -0.1) is 11.8 Å². The Hall–Kier alpha value is -3.09. The SMILES string of the molecule is CC1(c2ccc(OC(=O)c3ccccc3)cc2OC(=O)c2ccccc2)OCCS1. The normalized spacial score (nSPS) is 18.0. The van der Waals surface area contributed by atoms with Crippen LogP contribution in [-0.2, 0) is 9.67 Å². The molecule has 0 spiro atoms. The third-order valence-corrected chi connectivity index (χ3v) is 5.97. The highest BCUT2D eigenvalue weighted by molar-refractivity contribution is 8.00. The first kappa shape index (κ1) is 20.2. The number of hydrogen-bond acceptors (Lipinski definition) is 6. The number of ether oxygens (including phenoxy) is 3. The molecule has 0 N–H and O–H groups in total. The van der Waals surface area contributed by atoms with Crippen LogP contribution in [-0.4, -0.2) is 24.3 Å². The molecule has 0 saturated carbocycles. The molecule has 6 heteroatoms. The van der Waals surface area contributed by atoms with Gasteiger partial charge in [-0.1, -0.05) is 36.4 Å². The lowest BCUT2D eigenvalue weighted by Gasteiger charge is -2.25. The first-order valence-electron chi connectivity index (χ1n) is 9.52. The van der Waals surface area contributed by atoms with E-state index in [9.17, 15) is 9.59 Å². The summed E-state index contributed by atoms with van der Waals surface area (Å²) in [5.74, 6) is 0.457. The zero-order chi connectivity index (χ0) is 21.0. The van der Waals surface area contributed by atoms with Gasteiger partial charge in [-0.05, 0) is 43.3 Å². The molecule has 1 aliphatic heterocycles. The van der Waals surface area contributed by atoms with Crippen molar-refractivity contribution in [3.8, 4) is 11.5 Å². The number of carbonyl (C=O) groups is 2. The molecule has 1 atom stereocenters. The monoisotopic (exact) mass is 420 g/mol. The molecule has 4 rings (SSSR count). The molecule has 152 valence electrons. The van der Waals surface area contributed by atoms with E-state index >= 15 is 0 Å². The highest BCUT2D eigenvalue weighted by atomic mass is 32.2. The Morgan fingerprint density at radius 1 is 0.867 bits per heavy atom. The third kappa shape index (κ3) is 4.40. The molecule has 3 aromatic rings. The number of hydrogen-bond donors (Lipinski definition) is 0. The fraction of sp³-hybridized carbons (Fsp3) is 0.167. The van der Waals surface area contributed by atoms with Crippen LogP contribution in [0.15, 0.2) is 78.9 Å². The van der Waals surface area contributed by atoms with E-state index in [-0.39, 0.29) is 5.75 Å². The topological polar surface area (TPSA) is 61.8 Å². The molecule has 0 aromatic heterocycles. The lowest BCUT2D eigenvalue weighted by Crippen LogP contribution is -2.20. The van der Waals surface area contributed by atoms with Crippen molar-refractivity contribution in [3.63, 3.8) is 0 Å². The standard InChI is InChI=1S/C24H20O5S/c1-24(27-14-15-30-24)20-13-12-19(28-22(25)17-8-4-2-5-9-17)16-21(20)29-23(26)18-10-6-3-7-11-18/h2-13,16H,14-15H2,1H3. The van der Waals surface area contributed by atoms with Crippen molar-refractivity contribution in [1.29, 1.82) is 0 Å². The van der Waals surface area contributed by atoms with Crippen LogP contribution in [0.2, 0.25) is 0 Å². The van der Waals surface area contributed by atoms with Gasteiger partial charge in [-0.2, -0.15) is 0 Å². The van der Waals surface area contributed by atoms with Gasteiger partial charge in [0.15, 0.2) is 0 Å². The Morgan fingerprint density at radius 3 is 2.03 bits per heavy atom. The van der Waals surface area contributed by atoms with Crippen LogP contribution in [0.3, 0.4) is 0 Å². The van der Waals surface area contributed by atoms with Gasteiger partial charge in [-0.3, -0.25) is 0 Å². The van der Waals surface area contributed by atoms with Gasteiger partial charge in [-0.25, -0.2) is 9.59 Å². The Balaban J connectivity index is 1.64. The summed E-state index contributed by atoms with van der Waals surface area (Å²) in [5, 5.41) is 0. The first-order chi connectivity index (χ1) is 14.5.